The summed E-state index contributed by atoms with van der Waals surface area (Å²) >= 11 is 11.7. The van der Waals surface area contributed by atoms with Gasteiger partial charge in [0, 0.05) is 10.8 Å². The van der Waals surface area contributed by atoms with Gasteiger partial charge >= 0.3 is 0 Å². The Morgan fingerprint density at radius 1 is 0.700 bits per heavy atom. The zero-order valence-electron chi connectivity index (χ0n) is 9.41. The number of hydrogen-bond donors (Lipinski definition) is 2. The van der Waals surface area contributed by atoms with Crippen LogP contribution in [0.4, 0.5) is 0 Å². The van der Waals surface area contributed by atoms with Gasteiger partial charge in [-0.15, -0.1) is 0 Å². The molecule has 0 saturated carbocycles. The van der Waals surface area contributed by atoms with E-state index in [-0.39, 0.29) is 15.4 Å². The molecule has 0 saturated heterocycles. The normalized spacial score (nSPS) is 12.8. The third-order valence-corrected chi connectivity index (χ3v) is 4.96. The van der Waals surface area contributed by atoms with Gasteiger partial charge in [0.2, 0.25) is 0 Å². The van der Waals surface area contributed by atoms with Crippen LogP contribution < -0.4 is 0 Å². The van der Waals surface area contributed by atoms with E-state index in [2.05, 4.69) is 0 Å². The summed E-state index contributed by atoms with van der Waals surface area (Å²) in [6, 6.07) is 4.13. The van der Waals surface area contributed by atoms with Gasteiger partial charge in [-0.25, -0.2) is 0 Å². The maximum Gasteiger partial charge on any atom is 0.295 e. The maximum atomic E-state index is 11.3. The zero-order chi connectivity index (χ0) is 15.3. The van der Waals surface area contributed by atoms with Crippen molar-refractivity contribution >= 4 is 54.2 Å². The number of halogens is 2. The fraction of sp³-hybridized carbons (Fsp3) is 0. The largest absolute Gasteiger partial charge is 0.295 e. The first-order chi connectivity index (χ1) is 9.03. The molecule has 0 radical (unpaired) electrons. The Labute approximate surface area is 124 Å². The molecule has 0 aliphatic carbocycles. The van der Waals surface area contributed by atoms with E-state index < -0.39 is 35.4 Å². The molecule has 2 aromatic carbocycles. The van der Waals surface area contributed by atoms with Gasteiger partial charge in [-0.2, -0.15) is 16.8 Å². The van der Waals surface area contributed by atoms with Crippen molar-refractivity contribution in [2.24, 2.45) is 0 Å². The van der Waals surface area contributed by atoms with Gasteiger partial charge in [-0.1, -0.05) is 23.2 Å². The molecule has 0 amide bonds. The lowest BCUT2D eigenvalue weighted by Crippen LogP contribution is -2.05. The highest BCUT2D eigenvalue weighted by Crippen LogP contribution is 2.38. The number of fused-ring (bicyclic) bond motifs is 1. The van der Waals surface area contributed by atoms with Crippen molar-refractivity contribution in [1.29, 1.82) is 0 Å². The molecule has 2 N–H and O–H groups in total. The Balaban J connectivity index is 3.22. The molecule has 10 heteroatoms. The average Bonchev–Trinajstić information content (AvgIpc) is 2.25. The van der Waals surface area contributed by atoms with Gasteiger partial charge in [0.25, 0.3) is 20.2 Å². The summed E-state index contributed by atoms with van der Waals surface area (Å²) in [4.78, 5) is -1.43. The lowest BCUT2D eigenvalue weighted by molar-refractivity contribution is 0.483. The third kappa shape index (κ3) is 2.62. The lowest BCUT2D eigenvalue weighted by Gasteiger charge is -2.10. The maximum absolute atomic E-state index is 11.3. The molecule has 2 rings (SSSR count). The van der Waals surface area contributed by atoms with Crippen LogP contribution in [0.3, 0.4) is 0 Å². The first-order valence-corrected chi connectivity index (χ1v) is 8.53. The zero-order valence-corrected chi connectivity index (χ0v) is 12.6. The highest BCUT2D eigenvalue weighted by atomic mass is 35.5. The smallest absolute Gasteiger partial charge is 0.282 e. The van der Waals surface area contributed by atoms with Crippen LogP contribution >= 0.6 is 23.2 Å². The van der Waals surface area contributed by atoms with Gasteiger partial charge < -0.3 is 0 Å². The van der Waals surface area contributed by atoms with Crippen LogP contribution in [0.5, 0.6) is 0 Å². The summed E-state index contributed by atoms with van der Waals surface area (Å²) in [5.74, 6) is 0. The SMILES string of the molecule is O=S(=O)(O)c1ccc(Cl)c2c(Cl)ccc(S(=O)(=O)O)c12. The molecule has 0 bridgehead atoms. The summed E-state index contributed by atoms with van der Waals surface area (Å²) in [6.45, 7) is 0. The van der Waals surface area contributed by atoms with E-state index in [1.165, 1.54) is 0 Å². The lowest BCUT2D eigenvalue weighted by atomic mass is 10.1. The fourth-order valence-electron chi connectivity index (χ4n) is 1.78. The minimum absolute atomic E-state index is 0.0251. The fourth-order valence-corrected chi connectivity index (χ4v) is 3.83. The van der Waals surface area contributed by atoms with Gasteiger partial charge in [0.15, 0.2) is 0 Å². The standard InChI is InChI=1S/C10H6Cl2O6S2/c11-5-1-3-7(19(13,14)15)10-8(20(16,17)18)4-2-6(12)9(5)10/h1-4H,(H,13,14,15)(H,16,17,18). The van der Waals surface area contributed by atoms with Crippen molar-refractivity contribution in [1.82, 2.24) is 0 Å². The average molecular weight is 357 g/mol. The van der Waals surface area contributed by atoms with Crippen molar-refractivity contribution < 1.29 is 25.9 Å². The molecule has 0 aliphatic heterocycles. The Hall–Kier alpha value is -0.900. The van der Waals surface area contributed by atoms with Crippen molar-refractivity contribution in [3.8, 4) is 0 Å². The predicted octanol–water partition coefficient (Wildman–Crippen LogP) is 2.64. The van der Waals surface area contributed by atoms with Crippen LogP contribution in [0.2, 0.25) is 10.0 Å². The van der Waals surface area contributed by atoms with Crippen LogP contribution in [0.15, 0.2) is 34.1 Å². The second-order valence-electron chi connectivity index (χ2n) is 3.79. The van der Waals surface area contributed by atoms with Crippen molar-refractivity contribution in [3.63, 3.8) is 0 Å². The summed E-state index contributed by atoms with van der Waals surface area (Å²) < 4.78 is 63.7. The summed E-state index contributed by atoms with van der Waals surface area (Å²) in [7, 11) is -9.48. The summed E-state index contributed by atoms with van der Waals surface area (Å²) in [5, 5.41) is -0.612. The van der Waals surface area contributed by atoms with E-state index >= 15 is 0 Å². The highest BCUT2D eigenvalue weighted by Gasteiger charge is 2.24. The van der Waals surface area contributed by atoms with Gasteiger partial charge in [-0.05, 0) is 24.3 Å². The van der Waals surface area contributed by atoms with Crippen LogP contribution in [0.25, 0.3) is 10.8 Å². The summed E-state index contributed by atoms with van der Waals surface area (Å²) in [6.07, 6.45) is 0. The molecule has 0 fully saturated rings. The van der Waals surface area contributed by atoms with Crippen molar-refractivity contribution in [2.45, 2.75) is 9.79 Å². The molecule has 20 heavy (non-hydrogen) atoms. The third-order valence-electron chi connectivity index (χ3n) is 2.54. The minimum atomic E-state index is -4.74. The minimum Gasteiger partial charge on any atom is -0.282 e. The van der Waals surface area contributed by atoms with Gasteiger partial charge in [0.1, 0.15) is 9.79 Å². The van der Waals surface area contributed by atoms with Gasteiger partial charge in [0.05, 0.1) is 10.0 Å². The molecule has 6 nitrogen and oxygen atoms in total. The molecule has 0 atom stereocenters. The molecular formula is C10H6Cl2O6S2. The quantitative estimate of drug-likeness (QED) is 0.800. The van der Waals surface area contributed by atoms with Crippen LogP contribution in [0, 0.1) is 0 Å². The van der Waals surface area contributed by atoms with Crippen LogP contribution in [-0.4, -0.2) is 25.9 Å². The molecule has 0 aromatic heterocycles. The molecule has 0 unspecified atom stereocenters. The number of hydrogen-bond acceptors (Lipinski definition) is 4. The molecule has 0 aliphatic rings. The molecular weight excluding hydrogens is 351 g/mol. The van der Waals surface area contributed by atoms with Gasteiger partial charge in [-0.3, -0.25) is 9.11 Å². The van der Waals surface area contributed by atoms with E-state index in [0.29, 0.717) is 0 Å². The van der Waals surface area contributed by atoms with Crippen LogP contribution in [0.1, 0.15) is 0 Å². The molecule has 108 valence electrons. The Morgan fingerprint density at radius 3 is 1.35 bits per heavy atom. The highest BCUT2D eigenvalue weighted by molar-refractivity contribution is 7.87. The topological polar surface area (TPSA) is 109 Å². The second kappa shape index (κ2) is 4.83. The first kappa shape index (κ1) is 15.5. The Bertz CT molecular complexity index is 846. The van der Waals surface area contributed by atoms with E-state index in [9.17, 15) is 16.8 Å². The van der Waals surface area contributed by atoms with Crippen molar-refractivity contribution in [3.05, 3.63) is 34.3 Å². The number of benzene rings is 2. The van der Waals surface area contributed by atoms with E-state index in [1.54, 1.807) is 0 Å². The first-order valence-electron chi connectivity index (χ1n) is 4.89. The second-order valence-corrected chi connectivity index (χ2v) is 7.39. The molecule has 2 aromatic rings. The van der Waals surface area contributed by atoms with Crippen LogP contribution in [-0.2, 0) is 20.2 Å². The van der Waals surface area contributed by atoms with Crippen molar-refractivity contribution in [2.75, 3.05) is 0 Å². The Morgan fingerprint density at radius 2 is 1.05 bits per heavy atom. The Kier molecular flexibility index (Phi) is 3.74. The predicted molar refractivity (Wildman–Crippen MR) is 73.6 cm³/mol. The molecule has 0 heterocycles. The van der Waals surface area contributed by atoms with E-state index in [1.807, 2.05) is 0 Å². The van der Waals surface area contributed by atoms with E-state index in [0.717, 1.165) is 24.3 Å². The summed E-state index contributed by atoms with van der Waals surface area (Å²) in [5.41, 5.74) is 0. The monoisotopic (exact) mass is 356 g/mol. The van der Waals surface area contributed by atoms with E-state index in [4.69, 9.17) is 32.3 Å². The number of rotatable bonds is 2. The molecule has 0 spiro atoms.